The SMILES string of the molecule is CCC(C)(C)NC(=O)C(c1cccc(OC)c1OC)N(C(=O)CCC(=O)Nc1cc(C)on1)c1cccc(C)c1. The maximum absolute atomic E-state index is 14.1. The standard InChI is InChI=1S/C30H38N4O6/c1-8-30(4,5)32-29(37)27(22-13-10-14-23(38-6)28(22)39-7)34(21-12-9-11-19(2)17-21)26(36)16-15-25(35)31-24-18-20(3)40-33-24/h9-14,17-18,27H,8,15-16H2,1-7H3,(H,32,37)(H,31,33,35). The van der Waals surface area contributed by atoms with Crippen molar-refractivity contribution in [2.45, 2.75) is 65.5 Å². The lowest BCUT2D eigenvalue weighted by Crippen LogP contribution is -2.50. The van der Waals surface area contributed by atoms with E-state index in [4.69, 9.17) is 14.0 Å². The average Bonchev–Trinajstić information content (AvgIpc) is 3.33. The number of hydrogen-bond donors (Lipinski definition) is 2. The van der Waals surface area contributed by atoms with Crippen molar-refractivity contribution in [1.29, 1.82) is 0 Å². The van der Waals surface area contributed by atoms with Crippen molar-refractivity contribution >= 4 is 29.2 Å². The number of benzene rings is 2. The van der Waals surface area contributed by atoms with Gasteiger partial charge >= 0.3 is 0 Å². The summed E-state index contributed by atoms with van der Waals surface area (Å²) in [4.78, 5) is 42.1. The molecule has 0 aliphatic heterocycles. The summed E-state index contributed by atoms with van der Waals surface area (Å²) in [5.41, 5.74) is 1.32. The zero-order valence-electron chi connectivity index (χ0n) is 24.2. The van der Waals surface area contributed by atoms with Gasteiger partial charge in [0.2, 0.25) is 17.7 Å². The number of nitrogens with one attached hydrogen (secondary N) is 2. The second kappa shape index (κ2) is 13.1. The molecular formula is C30H38N4O6. The molecule has 1 aromatic heterocycles. The van der Waals surface area contributed by atoms with Gasteiger partial charge in [-0.2, -0.15) is 0 Å². The number of methoxy groups -OCH3 is 2. The van der Waals surface area contributed by atoms with Gasteiger partial charge in [0.15, 0.2) is 17.3 Å². The van der Waals surface area contributed by atoms with Crippen molar-refractivity contribution in [2.75, 3.05) is 24.4 Å². The molecule has 0 bridgehead atoms. The zero-order chi connectivity index (χ0) is 29.4. The fourth-order valence-corrected chi connectivity index (χ4v) is 4.20. The molecule has 1 unspecified atom stereocenters. The van der Waals surface area contributed by atoms with Gasteiger partial charge in [-0.15, -0.1) is 0 Å². The highest BCUT2D eigenvalue weighted by Gasteiger charge is 2.37. The van der Waals surface area contributed by atoms with E-state index in [1.54, 1.807) is 37.3 Å². The number of carbonyl (C=O) groups excluding carboxylic acids is 3. The minimum absolute atomic E-state index is 0.128. The summed E-state index contributed by atoms with van der Waals surface area (Å²) in [6, 6.07) is 13.0. The Bertz CT molecular complexity index is 1350. The van der Waals surface area contributed by atoms with Crippen molar-refractivity contribution in [2.24, 2.45) is 0 Å². The van der Waals surface area contributed by atoms with E-state index in [0.717, 1.165) is 5.56 Å². The third-order valence-corrected chi connectivity index (χ3v) is 6.59. The molecule has 10 nitrogen and oxygen atoms in total. The number of ether oxygens (including phenoxy) is 2. The molecule has 2 N–H and O–H groups in total. The third-order valence-electron chi connectivity index (χ3n) is 6.59. The average molecular weight is 551 g/mol. The molecule has 3 aromatic rings. The molecule has 214 valence electrons. The van der Waals surface area contributed by atoms with Crippen LogP contribution in [0.3, 0.4) is 0 Å². The maximum Gasteiger partial charge on any atom is 0.248 e. The van der Waals surface area contributed by atoms with Gasteiger partial charge in [-0.1, -0.05) is 36.3 Å². The number of amides is 3. The Hall–Kier alpha value is -4.34. The number of hydrogen-bond acceptors (Lipinski definition) is 7. The fourth-order valence-electron chi connectivity index (χ4n) is 4.20. The van der Waals surface area contributed by atoms with Crippen LogP contribution >= 0.6 is 0 Å². The second-order valence-corrected chi connectivity index (χ2v) is 10.2. The number of rotatable bonds is 12. The molecule has 2 aromatic carbocycles. The van der Waals surface area contributed by atoms with Gasteiger partial charge in [0.05, 0.1) is 14.2 Å². The molecule has 3 amide bonds. The van der Waals surface area contributed by atoms with Crippen LogP contribution in [-0.4, -0.2) is 42.6 Å². The van der Waals surface area contributed by atoms with Gasteiger partial charge < -0.3 is 24.6 Å². The van der Waals surface area contributed by atoms with E-state index in [2.05, 4.69) is 15.8 Å². The second-order valence-electron chi connectivity index (χ2n) is 10.2. The van der Waals surface area contributed by atoms with Crippen molar-refractivity contribution < 1.29 is 28.4 Å². The smallest absolute Gasteiger partial charge is 0.248 e. The van der Waals surface area contributed by atoms with Crippen LogP contribution in [0.2, 0.25) is 0 Å². The van der Waals surface area contributed by atoms with Crippen LogP contribution in [0.25, 0.3) is 0 Å². The number of nitrogens with zero attached hydrogens (tertiary/aromatic N) is 2. The first kappa shape index (κ1) is 30.2. The monoisotopic (exact) mass is 550 g/mol. The highest BCUT2D eigenvalue weighted by molar-refractivity contribution is 6.03. The minimum Gasteiger partial charge on any atom is -0.493 e. The van der Waals surface area contributed by atoms with Crippen LogP contribution in [0.4, 0.5) is 11.5 Å². The molecular weight excluding hydrogens is 512 g/mol. The molecule has 40 heavy (non-hydrogen) atoms. The number of para-hydroxylation sites is 1. The van der Waals surface area contributed by atoms with E-state index in [-0.39, 0.29) is 18.7 Å². The highest BCUT2D eigenvalue weighted by Crippen LogP contribution is 2.39. The van der Waals surface area contributed by atoms with E-state index < -0.39 is 29.3 Å². The van der Waals surface area contributed by atoms with Gasteiger partial charge in [-0.05, 0) is 57.9 Å². The fraction of sp³-hybridized carbons (Fsp3) is 0.400. The lowest BCUT2D eigenvalue weighted by molar-refractivity contribution is -0.128. The number of aryl methyl sites for hydroxylation is 2. The van der Waals surface area contributed by atoms with Gasteiger partial charge in [0.1, 0.15) is 11.8 Å². The summed E-state index contributed by atoms with van der Waals surface area (Å²) < 4.78 is 16.2. The normalized spacial score (nSPS) is 11.9. The van der Waals surface area contributed by atoms with Crippen molar-refractivity contribution in [1.82, 2.24) is 10.5 Å². The predicted molar refractivity (Wildman–Crippen MR) is 153 cm³/mol. The molecule has 0 radical (unpaired) electrons. The van der Waals surface area contributed by atoms with Crippen LogP contribution in [0.5, 0.6) is 11.5 Å². The molecule has 10 heteroatoms. The van der Waals surface area contributed by atoms with E-state index in [9.17, 15) is 14.4 Å². The van der Waals surface area contributed by atoms with Crippen LogP contribution in [-0.2, 0) is 14.4 Å². The lowest BCUT2D eigenvalue weighted by atomic mass is 9.97. The Morgan fingerprint density at radius 3 is 2.35 bits per heavy atom. The molecule has 1 heterocycles. The van der Waals surface area contributed by atoms with Crippen LogP contribution < -0.4 is 25.0 Å². The van der Waals surface area contributed by atoms with Crippen LogP contribution in [0.15, 0.2) is 53.1 Å². The molecule has 0 saturated carbocycles. The maximum atomic E-state index is 14.1. The topological polar surface area (TPSA) is 123 Å². The summed E-state index contributed by atoms with van der Waals surface area (Å²) in [7, 11) is 3.00. The number of anilines is 2. The quantitative estimate of drug-likeness (QED) is 0.321. The van der Waals surface area contributed by atoms with Crippen molar-refractivity contribution in [3.8, 4) is 11.5 Å². The Balaban J connectivity index is 2.07. The molecule has 0 fully saturated rings. The summed E-state index contributed by atoms with van der Waals surface area (Å²) in [6.45, 7) is 9.42. The molecule has 3 rings (SSSR count). The Morgan fingerprint density at radius 1 is 1.02 bits per heavy atom. The summed E-state index contributed by atoms with van der Waals surface area (Å²) in [5.74, 6) is 0.361. The Labute approximate surface area is 235 Å². The lowest BCUT2D eigenvalue weighted by Gasteiger charge is -2.35. The van der Waals surface area contributed by atoms with Crippen LogP contribution in [0, 0.1) is 13.8 Å². The number of carbonyl (C=O) groups is 3. The van der Waals surface area contributed by atoms with Gasteiger partial charge in [0.25, 0.3) is 0 Å². The number of aromatic nitrogens is 1. The Morgan fingerprint density at radius 2 is 1.75 bits per heavy atom. The third kappa shape index (κ3) is 7.40. The summed E-state index contributed by atoms with van der Waals surface area (Å²) in [5, 5.41) is 9.48. The largest absolute Gasteiger partial charge is 0.493 e. The molecule has 0 aliphatic carbocycles. The van der Waals surface area contributed by atoms with Crippen LogP contribution in [0.1, 0.15) is 63.0 Å². The first-order valence-electron chi connectivity index (χ1n) is 13.1. The summed E-state index contributed by atoms with van der Waals surface area (Å²) in [6.07, 6.45) is 0.377. The van der Waals surface area contributed by atoms with Crippen molar-refractivity contribution in [3.63, 3.8) is 0 Å². The van der Waals surface area contributed by atoms with Gasteiger partial charge in [-0.25, -0.2) is 0 Å². The highest BCUT2D eigenvalue weighted by atomic mass is 16.5. The Kier molecular flexibility index (Phi) is 9.93. The molecule has 0 aliphatic rings. The van der Waals surface area contributed by atoms with E-state index in [0.29, 0.717) is 34.9 Å². The van der Waals surface area contributed by atoms with Gasteiger partial charge in [-0.3, -0.25) is 19.3 Å². The van der Waals surface area contributed by atoms with E-state index in [1.165, 1.54) is 19.1 Å². The molecule has 0 saturated heterocycles. The first-order chi connectivity index (χ1) is 19.0. The zero-order valence-corrected chi connectivity index (χ0v) is 24.2. The van der Waals surface area contributed by atoms with E-state index >= 15 is 0 Å². The minimum atomic E-state index is -1.12. The molecule has 0 spiro atoms. The van der Waals surface area contributed by atoms with Crippen molar-refractivity contribution in [3.05, 3.63) is 65.4 Å². The van der Waals surface area contributed by atoms with Gasteiger partial charge in [0, 0.05) is 35.7 Å². The molecule has 1 atom stereocenters. The first-order valence-corrected chi connectivity index (χ1v) is 13.1. The summed E-state index contributed by atoms with van der Waals surface area (Å²) >= 11 is 0. The van der Waals surface area contributed by atoms with E-state index in [1.807, 2.05) is 45.9 Å². The predicted octanol–water partition coefficient (Wildman–Crippen LogP) is 5.11.